The van der Waals surface area contributed by atoms with Crippen LogP contribution in [0.15, 0.2) is 48.5 Å². The van der Waals surface area contributed by atoms with Gasteiger partial charge in [-0.25, -0.2) is 9.10 Å². The van der Waals surface area contributed by atoms with E-state index in [-0.39, 0.29) is 5.75 Å². The molecule has 0 unspecified atom stereocenters. The summed E-state index contributed by atoms with van der Waals surface area (Å²) in [7, 11) is 0. The Morgan fingerprint density at radius 1 is 1.14 bits per heavy atom. The van der Waals surface area contributed by atoms with Crippen molar-refractivity contribution in [2.24, 2.45) is 5.73 Å². The van der Waals surface area contributed by atoms with E-state index >= 15 is 0 Å². The van der Waals surface area contributed by atoms with Crippen LogP contribution >= 0.6 is 12.8 Å². The molecule has 0 saturated carbocycles. The highest BCUT2D eigenvalue weighted by atomic mass is 32.1. The highest BCUT2D eigenvalue weighted by Gasteiger charge is 2.13. The van der Waals surface area contributed by atoms with E-state index in [1.807, 2.05) is 0 Å². The third-order valence-electron chi connectivity index (χ3n) is 2.69. The van der Waals surface area contributed by atoms with Crippen LogP contribution in [0.5, 0.6) is 5.75 Å². The van der Waals surface area contributed by atoms with E-state index in [1.54, 1.807) is 24.3 Å². The van der Waals surface area contributed by atoms with Crippen LogP contribution in [0.25, 0.3) is 0 Å². The number of primary amides is 1. The quantitative estimate of drug-likeness (QED) is 0.655. The van der Waals surface area contributed by atoms with Gasteiger partial charge in [-0.1, -0.05) is 18.9 Å². The number of aromatic hydroxyl groups is 1. The van der Waals surface area contributed by atoms with E-state index in [0.717, 1.165) is 4.31 Å². The van der Waals surface area contributed by atoms with Crippen molar-refractivity contribution < 1.29 is 14.7 Å². The first kappa shape index (κ1) is 14.7. The number of carbonyl (C=O) groups is 2. The molecule has 4 N–H and O–H groups in total. The lowest BCUT2D eigenvalue weighted by atomic mass is 10.2. The van der Waals surface area contributed by atoms with Gasteiger partial charge in [0.1, 0.15) is 5.75 Å². The van der Waals surface area contributed by atoms with Crippen molar-refractivity contribution in [3.63, 3.8) is 0 Å². The first-order valence-electron chi connectivity index (χ1n) is 5.96. The summed E-state index contributed by atoms with van der Waals surface area (Å²) in [4.78, 5) is 23.0. The van der Waals surface area contributed by atoms with E-state index in [0.29, 0.717) is 16.9 Å². The van der Waals surface area contributed by atoms with Crippen LogP contribution in [-0.4, -0.2) is 17.0 Å². The minimum Gasteiger partial charge on any atom is -0.508 e. The minimum atomic E-state index is -0.545. The maximum absolute atomic E-state index is 12.0. The van der Waals surface area contributed by atoms with Crippen LogP contribution in [0.1, 0.15) is 10.4 Å². The maximum atomic E-state index is 12.0. The van der Waals surface area contributed by atoms with Crippen LogP contribution in [0.4, 0.5) is 16.2 Å². The fourth-order valence-electron chi connectivity index (χ4n) is 1.64. The van der Waals surface area contributed by atoms with Gasteiger partial charge in [0.25, 0.3) is 0 Å². The molecule has 0 radical (unpaired) electrons. The molecule has 0 heterocycles. The second-order valence-corrected chi connectivity index (χ2v) is 4.60. The lowest BCUT2D eigenvalue weighted by molar-refractivity contribution is 0.100. The number of phenolic OH excluding ortho intramolecular Hbond substituents is 1. The molecular formula is C14H13N3O3S. The topological polar surface area (TPSA) is 95.7 Å². The molecule has 2 aromatic rings. The number of phenols is 1. The molecular weight excluding hydrogens is 290 g/mol. The van der Waals surface area contributed by atoms with Gasteiger partial charge in [0.05, 0.1) is 5.69 Å². The van der Waals surface area contributed by atoms with Crippen LogP contribution in [0, 0.1) is 0 Å². The molecule has 0 aromatic heterocycles. The zero-order chi connectivity index (χ0) is 15.4. The molecule has 2 aromatic carbocycles. The Kier molecular flexibility index (Phi) is 4.34. The third-order valence-corrected chi connectivity index (χ3v) is 3.10. The Balaban J connectivity index is 2.10. The zero-order valence-electron chi connectivity index (χ0n) is 10.9. The molecule has 0 aliphatic carbocycles. The van der Waals surface area contributed by atoms with Crippen LogP contribution < -0.4 is 15.4 Å². The Bertz CT molecular complexity index is 673. The highest BCUT2D eigenvalue weighted by Crippen LogP contribution is 2.20. The number of amides is 3. The van der Waals surface area contributed by atoms with Crippen LogP contribution in [0.2, 0.25) is 0 Å². The van der Waals surface area contributed by atoms with Gasteiger partial charge in [-0.2, -0.15) is 0 Å². The van der Waals surface area contributed by atoms with Crippen molar-refractivity contribution >= 4 is 36.1 Å². The fourth-order valence-corrected chi connectivity index (χ4v) is 1.83. The minimum absolute atomic E-state index is 0.0457. The summed E-state index contributed by atoms with van der Waals surface area (Å²) in [5, 5.41) is 11.9. The Labute approximate surface area is 126 Å². The first-order valence-corrected chi connectivity index (χ1v) is 6.36. The smallest absolute Gasteiger partial charge is 0.336 e. The average Bonchev–Trinajstić information content (AvgIpc) is 2.46. The molecule has 108 valence electrons. The number of benzene rings is 2. The van der Waals surface area contributed by atoms with Crippen molar-refractivity contribution in [2.45, 2.75) is 0 Å². The van der Waals surface area contributed by atoms with E-state index in [9.17, 15) is 14.7 Å². The van der Waals surface area contributed by atoms with Gasteiger partial charge in [0.2, 0.25) is 5.91 Å². The molecule has 0 fully saturated rings. The van der Waals surface area contributed by atoms with E-state index in [4.69, 9.17) is 5.73 Å². The van der Waals surface area contributed by atoms with Crippen molar-refractivity contribution in [1.29, 1.82) is 0 Å². The van der Waals surface area contributed by atoms with E-state index in [2.05, 4.69) is 18.1 Å². The molecule has 0 saturated heterocycles. The molecule has 3 amide bonds. The molecule has 7 heteroatoms. The van der Waals surface area contributed by atoms with Gasteiger partial charge in [0.15, 0.2) is 0 Å². The number of nitrogens with zero attached hydrogens (tertiary/aromatic N) is 1. The lowest BCUT2D eigenvalue weighted by Gasteiger charge is -2.16. The Hall–Kier alpha value is -2.67. The SMILES string of the molecule is NC(=O)c1ccc(N(S)C(=O)Nc2cccc(O)c2)cc1. The number of hydrogen-bond acceptors (Lipinski definition) is 4. The average molecular weight is 303 g/mol. The van der Waals surface area contributed by atoms with E-state index in [1.165, 1.54) is 24.3 Å². The molecule has 21 heavy (non-hydrogen) atoms. The summed E-state index contributed by atoms with van der Waals surface area (Å²) < 4.78 is 1.08. The second kappa shape index (κ2) is 6.19. The number of hydrogen-bond donors (Lipinski definition) is 4. The van der Waals surface area contributed by atoms with Crippen molar-refractivity contribution in [1.82, 2.24) is 0 Å². The third kappa shape index (κ3) is 3.67. The standard InChI is InChI=1S/C14H13N3O3S/c15-13(19)9-4-6-11(7-5-9)17(21)14(20)16-10-2-1-3-12(18)8-10/h1-8,18,21H,(H2,15,19)(H,16,20). The van der Waals surface area contributed by atoms with Crippen molar-refractivity contribution in [3.8, 4) is 5.75 Å². The summed E-state index contributed by atoms with van der Waals surface area (Å²) in [5.41, 5.74) is 6.39. The number of nitrogens with two attached hydrogens (primary N) is 1. The van der Waals surface area contributed by atoms with Gasteiger partial charge in [-0.15, -0.1) is 0 Å². The van der Waals surface area contributed by atoms with Crippen LogP contribution in [0.3, 0.4) is 0 Å². The van der Waals surface area contributed by atoms with Crippen molar-refractivity contribution in [3.05, 3.63) is 54.1 Å². The lowest BCUT2D eigenvalue weighted by Crippen LogP contribution is -2.26. The molecule has 0 bridgehead atoms. The summed E-state index contributed by atoms with van der Waals surface area (Å²) in [5.74, 6) is -0.499. The second-order valence-electron chi connectivity index (χ2n) is 4.20. The molecule has 2 rings (SSSR count). The predicted molar refractivity (Wildman–Crippen MR) is 83.6 cm³/mol. The largest absolute Gasteiger partial charge is 0.508 e. The maximum Gasteiger partial charge on any atom is 0.336 e. The predicted octanol–water partition coefficient (Wildman–Crippen LogP) is 2.37. The number of rotatable bonds is 3. The van der Waals surface area contributed by atoms with Gasteiger partial charge >= 0.3 is 6.03 Å². The van der Waals surface area contributed by atoms with Crippen molar-refractivity contribution in [2.75, 3.05) is 9.62 Å². The number of anilines is 2. The summed E-state index contributed by atoms with van der Waals surface area (Å²) >= 11 is 4.10. The van der Waals surface area contributed by atoms with Gasteiger partial charge in [-0.05, 0) is 36.4 Å². The number of urea groups is 1. The molecule has 0 atom stereocenters. The molecule has 6 nitrogen and oxygen atoms in total. The number of nitrogens with one attached hydrogen (secondary N) is 1. The normalized spacial score (nSPS) is 9.95. The number of thiol groups is 1. The van der Waals surface area contributed by atoms with Gasteiger partial charge in [-0.3, -0.25) is 4.79 Å². The molecule has 0 aliphatic heterocycles. The number of carbonyl (C=O) groups excluding carboxylic acids is 2. The molecule has 0 aliphatic rings. The highest BCUT2D eigenvalue weighted by molar-refractivity contribution is 7.82. The summed E-state index contributed by atoms with van der Waals surface area (Å²) in [6, 6.07) is 11.8. The fraction of sp³-hybridized carbons (Fsp3) is 0. The first-order chi connectivity index (χ1) is 9.97. The summed E-state index contributed by atoms with van der Waals surface area (Å²) in [6.07, 6.45) is 0. The molecule has 0 spiro atoms. The summed E-state index contributed by atoms with van der Waals surface area (Å²) in [6.45, 7) is 0. The Morgan fingerprint density at radius 3 is 2.38 bits per heavy atom. The monoisotopic (exact) mass is 303 g/mol. The van der Waals surface area contributed by atoms with Gasteiger partial charge < -0.3 is 16.2 Å². The van der Waals surface area contributed by atoms with Gasteiger partial charge in [0, 0.05) is 17.3 Å². The van der Waals surface area contributed by atoms with E-state index < -0.39 is 11.9 Å². The zero-order valence-corrected chi connectivity index (χ0v) is 11.7. The Morgan fingerprint density at radius 2 is 1.81 bits per heavy atom. The van der Waals surface area contributed by atoms with Crippen LogP contribution in [-0.2, 0) is 0 Å².